The summed E-state index contributed by atoms with van der Waals surface area (Å²) >= 11 is 0. The summed E-state index contributed by atoms with van der Waals surface area (Å²) in [5, 5.41) is 3.35. The van der Waals surface area contributed by atoms with Gasteiger partial charge < -0.3 is 0 Å². The van der Waals surface area contributed by atoms with Crippen molar-refractivity contribution in [2.75, 3.05) is 0 Å². The van der Waals surface area contributed by atoms with Gasteiger partial charge in [0.25, 0.3) is 0 Å². The zero-order valence-electron chi connectivity index (χ0n) is 20.2. The molecule has 0 aromatic carbocycles. The number of carbonyl (C=O) groups excluding carboxylic acids is 2. The summed E-state index contributed by atoms with van der Waals surface area (Å²) in [6.07, 6.45) is 23.2. The first-order valence-electron chi connectivity index (χ1n) is 13.2. The molecule has 1 aliphatic carbocycles. The van der Waals surface area contributed by atoms with E-state index in [1.54, 1.807) is 0 Å². The average Bonchev–Trinajstić information content (AvgIpc) is 2.71. The lowest BCUT2D eigenvalue weighted by atomic mass is 9.20. The van der Waals surface area contributed by atoms with Gasteiger partial charge in [0, 0.05) is 12.8 Å². The van der Waals surface area contributed by atoms with E-state index in [1.807, 2.05) is 0 Å². The number of amides is 2. The van der Waals surface area contributed by atoms with Gasteiger partial charge in [-0.3, -0.25) is 14.9 Å². The summed E-state index contributed by atoms with van der Waals surface area (Å²) in [6.45, 7) is 5.01. The Bertz CT molecular complexity index is 511. The summed E-state index contributed by atoms with van der Waals surface area (Å²) in [5.74, 6) is -0.161. The molecular weight excluding hydrogens is 368 g/mol. The van der Waals surface area contributed by atoms with Crippen molar-refractivity contribution < 1.29 is 9.59 Å². The van der Waals surface area contributed by atoms with Gasteiger partial charge in [0.15, 0.2) is 0 Å². The number of rotatable bonds is 3. The van der Waals surface area contributed by atoms with Gasteiger partial charge in [-0.1, -0.05) is 121 Å². The summed E-state index contributed by atoms with van der Waals surface area (Å²) in [7, 11) is 2.60. The molecule has 0 aromatic heterocycles. The molecule has 2 rings (SSSR count). The largest absolute Gasteiger partial charge is 0.296 e. The Labute approximate surface area is 187 Å². The van der Waals surface area contributed by atoms with Gasteiger partial charge in [-0.25, -0.2) is 0 Å². The Hall–Kier alpha value is -0.730. The number of nitrogens with one attached hydrogen (secondary N) is 1. The van der Waals surface area contributed by atoms with E-state index in [2.05, 4.69) is 19.2 Å². The van der Waals surface area contributed by atoms with Crippen LogP contribution >= 0.6 is 0 Å². The van der Waals surface area contributed by atoms with Gasteiger partial charge in [-0.15, -0.1) is 0 Å². The highest BCUT2D eigenvalue weighted by molar-refractivity contribution is 7.03. The molecule has 0 radical (unpaired) electrons. The predicted octanol–water partition coefficient (Wildman–Crippen LogP) is 6.21. The van der Waals surface area contributed by atoms with Crippen molar-refractivity contribution in [3.05, 3.63) is 0 Å². The van der Waals surface area contributed by atoms with Crippen LogP contribution in [-0.2, 0) is 9.59 Å². The summed E-state index contributed by atoms with van der Waals surface area (Å²) in [6, 6.07) is 0. The molecule has 0 spiro atoms. The highest BCUT2D eigenvalue weighted by Gasteiger charge is 2.32. The molecule has 0 aromatic rings. The molecule has 30 heavy (non-hydrogen) atoms. The van der Waals surface area contributed by atoms with E-state index in [1.165, 1.54) is 97.8 Å². The first-order valence-corrected chi connectivity index (χ1v) is 13.2. The first kappa shape index (κ1) is 25.5. The maximum atomic E-state index is 12.0. The molecular formula is C25H47B2NO2. The van der Waals surface area contributed by atoms with E-state index >= 15 is 0 Å². The van der Waals surface area contributed by atoms with E-state index in [0.717, 1.165) is 25.7 Å². The maximum Gasteiger partial charge on any atom is 0.226 e. The monoisotopic (exact) mass is 415 g/mol. The molecule has 1 N–H and O–H groups in total. The average molecular weight is 415 g/mol. The smallest absolute Gasteiger partial charge is 0.226 e. The maximum absolute atomic E-state index is 12.0. The molecule has 1 unspecified atom stereocenters. The lowest BCUT2D eigenvalue weighted by Crippen LogP contribution is -2.31. The molecule has 3 nitrogen and oxygen atoms in total. The molecule has 1 saturated heterocycles. The second kappa shape index (κ2) is 13.6. The standard InChI is InChI=1S/C25H47B2NO2/c1-24(18-12-9-7-5-3-4-6-8-10-13-19-24)26-27-25(2)20-14-11-16-22(29)28-23(30)17-15-21-25/h26-27H,3-21H2,1-2H3,(H,28,29,30). The minimum atomic E-state index is -0.0832. The number of carbonyl (C=O) groups is 2. The SMILES string of the molecule is CC1(BBC2(C)CCCCC(=O)NC(=O)CCC2)CCCCCCCCCCCC1. The van der Waals surface area contributed by atoms with Crippen molar-refractivity contribution >= 4 is 26.2 Å². The zero-order valence-corrected chi connectivity index (χ0v) is 20.2. The van der Waals surface area contributed by atoms with E-state index in [-0.39, 0.29) is 11.8 Å². The molecule has 2 fully saturated rings. The Morgan fingerprint density at radius 1 is 0.533 bits per heavy atom. The number of hydrogen-bond acceptors (Lipinski definition) is 2. The van der Waals surface area contributed by atoms with Crippen LogP contribution in [0.1, 0.15) is 136 Å². The topological polar surface area (TPSA) is 46.2 Å². The van der Waals surface area contributed by atoms with Crippen LogP contribution in [-0.4, -0.2) is 26.2 Å². The molecule has 1 aliphatic heterocycles. The summed E-state index contributed by atoms with van der Waals surface area (Å²) < 4.78 is 0. The van der Waals surface area contributed by atoms with Crippen LogP contribution in [0.15, 0.2) is 0 Å². The van der Waals surface area contributed by atoms with Crippen molar-refractivity contribution in [1.29, 1.82) is 0 Å². The normalized spacial score (nSPS) is 28.6. The van der Waals surface area contributed by atoms with E-state index in [4.69, 9.17) is 0 Å². The van der Waals surface area contributed by atoms with Crippen LogP contribution in [0.5, 0.6) is 0 Å². The van der Waals surface area contributed by atoms with E-state index < -0.39 is 0 Å². The molecule has 1 heterocycles. The van der Waals surface area contributed by atoms with Gasteiger partial charge in [0.2, 0.25) is 11.8 Å². The van der Waals surface area contributed by atoms with E-state index in [9.17, 15) is 9.59 Å². The van der Waals surface area contributed by atoms with Gasteiger partial charge >= 0.3 is 0 Å². The fourth-order valence-corrected chi connectivity index (χ4v) is 5.66. The number of imide groups is 1. The van der Waals surface area contributed by atoms with Crippen LogP contribution in [0.3, 0.4) is 0 Å². The van der Waals surface area contributed by atoms with Crippen molar-refractivity contribution in [3.8, 4) is 0 Å². The summed E-state index contributed by atoms with van der Waals surface area (Å²) in [4.78, 5) is 23.8. The Kier molecular flexibility index (Phi) is 11.6. The predicted molar refractivity (Wildman–Crippen MR) is 132 cm³/mol. The molecule has 1 atom stereocenters. The van der Waals surface area contributed by atoms with Gasteiger partial charge in [-0.05, 0) is 12.8 Å². The number of hydrogen-bond donors (Lipinski definition) is 1. The van der Waals surface area contributed by atoms with Gasteiger partial charge in [0.05, 0.1) is 14.3 Å². The second-order valence-corrected chi connectivity index (χ2v) is 11.2. The van der Waals surface area contributed by atoms with Gasteiger partial charge in [-0.2, -0.15) is 0 Å². The van der Waals surface area contributed by atoms with Gasteiger partial charge in [0.1, 0.15) is 0 Å². The third kappa shape index (κ3) is 10.5. The third-order valence-electron chi connectivity index (χ3n) is 8.04. The van der Waals surface area contributed by atoms with Crippen LogP contribution < -0.4 is 5.32 Å². The van der Waals surface area contributed by atoms with E-state index in [0.29, 0.717) is 23.5 Å². The fraction of sp³-hybridized carbons (Fsp3) is 0.920. The van der Waals surface area contributed by atoms with Crippen molar-refractivity contribution in [3.63, 3.8) is 0 Å². The highest BCUT2D eigenvalue weighted by atomic mass is 16.2. The second-order valence-electron chi connectivity index (χ2n) is 11.2. The van der Waals surface area contributed by atoms with Crippen LogP contribution in [0.2, 0.25) is 10.6 Å². The summed E-state index contributed by atoms with van der Waals surface area (Å²) in [5.41, 5.74) is 0. The third-order valence-corrected chi connectivity index (χ3v) is 8.04. The molecule has 1 saturated carbocycles. The first-order chi connectivity index (χ1) is 14.4. The molecule has 2 amide bonds. The molecule has 5 heteroatoms. The minimum absolute atomic E-state index is 0.0774. The molecule has 2 aliphatic rings. The van der Waals surface area contributed by atoms with Crippen molar-refractivity contribution in [2.45, 2.75) is 146 Å². The Morgan fingerprint density at radius 2 is 0.867 bits per heavy atom. The molecule has 0 bridgehead atoms. The Morgan fingerprint density at radius 3 is 1.33 bits per heavy atom. The highest BCUT2D eigenvalue weighted by Crippen LogP contribution is 2.43. The fourth-order valence-electron chi connectivity index (χ4n) is 5.66. The van der Waals surface area contributed by atoms with Crippen LogP contribution in [0.25, 0.3) is 0 Å². The van der Waals surface area contributed by atoms with Crippen LogP contribution in [0, 0.1) is 0 Å². The van der Waals surface area contributed by atoms with Crippen molar-refractivity contribution in [1.82, 2.24) is 5.32 Å². The van der Waals surface area contributed by atoms with Crippen molar-refractivity contribution in [2.24, 2.45) is 0 Å². The van der Waals surface area contributed by atoms with Crippen LogP contribution in [0.4, 0.5) is 0 Å². The quantitative estimate of drug-likeness (QED) is 0.440. The Balaban J connectivity index is 1.92. The zero-order chi connectivity index (χ0) is 21.7. The lowest BCUT2D eigenvalue weighted by molar-refractivity contribution is -0.130. The minimum Gasteiger partial charge on any atom is -0.296 e. The lowest BCUT2D eigenvalue weighted by Gasteiger charge is -2.35. The molecule has 170 valence electrons.